The van der Waals surface area contributed by atoms with E-state index in [9.17, 15) is 2.74 Å². The number of rotatable bonds is 9. The smallest absolute Gasteiger partial charge is 0.269 e. The summed E-state index contributed by atoms with van der Waals surface area (Å²) in [6.07, 6.45) is 6.63. The largest absolute Gasteiger partial charge is 0.458 e. The predicted octanol–water partition coefficient (Wildman–Crippen LogP) is 18.5. The molecule has 0 aliphatic carbocycles. The van der Waals surface area contributed by atoms with Gasteiger partial charge in [0.15, 0.2) is 0 Å². The first-order valence-corrected chi connectivity index (χ1v) is 26.5. The highest BCUT2D eigenvalue weighted by Gasteiger charge is 2.26. The van der Waals surface area contributed by atoms with Crippen LogP contribution in [-0.4, -0.2) is 14.1 Å². The van der Waals surface area contributed by atoms with Crippen LogP contribution < -0.4 is 9.30 Å². The molecule has 0 saturated carbocycles. The Morgan fingerprint density at radius 3 is 1.82 bits per heavy atom. The van der Waals surface area contributed by atoms with Crippen molar-refractivity contribution in [3.05, 3.63) is 223 Å². The molecule has 5 nitrogen and oxygen atoms in total. The van der Waals surface area contributed by atoms with Crippen LogP contribution in [0.5, 0.6) is 11.5 Å². The van der Waals surface area contributed by atoms with Gasteiger partial charge >= 0.3 is 0 Å². The molecule has 76 heavy (non-hydrogen) atoms. The Labute approximate surface area is 457 Å². The van der Waals surface area contributed by atoms with E-state index in [2.05, 4.69) is 185 Å². The maximum Gasteiger partial charge on any atom is 0.269 e. The number of pyridine rings is 1. The molecule has 11 aromatic rings. The molecule has 3 aromatic heterocycles. The fourth-order valence-corrected chi connectivity index (χ4v) is 10.5. The number of fused-ring (bicyclic) bond motifs is 4. The topological polar surface area (TPSA) is 35.9 Å². The molecular formula is C71H70N4O. The summed E-state index contributed by atoms with van der Waals surface area (Å²) < 4.78 is 57.7. The molecule has 0 N–H and O–H groups in total. The van der Waals surface area contributed by atoms with Crippen LogP contribution >= 0.6 is 0 Å². The van der Waals surface area contributed by atoms with Crippen LogP contribution in [0.1, 0.15) is 112 Å². The van der Waals surface area contributed by atoms with E-state index < -0.39 is 18.1 Å². The van der Waals surface area contributed by atoms with E-state index in [1.807, 2.05) is 82.1 Å². The number of hydrogen-bond donors (Lipinski definition) is 0. The van der Waals surface area contributed by atoms with Gasteiger partial charge in [-0.3, -0.25) is 13.7 Å². The number of para-hydroxylation sites is 4. The van der Waals surface area contributed by atoms with Gasteiger partial charge in [-0.15, -0.1) is 0 Å². The summed E-state index contributed by atoms with van der Waals surface area (Å²) in [7, 11) is 0. The molecule has 0 radical (unpaired) electrons. The van der Waals surface area contributed by atoms with E-state index in [-0.39, 0.29) is 39.3 Å². The van der Waals surface area contributed by atoms with Crippen LogP contribution in [-0.2, 0) is 22.7 Å². The number of nitrogens with zero attached hydrogens (tertiary/aromatic N) is 4. The molecule has 11 rings (SSSR count). The van der Waals surface area contributed by atoms with Gasteiger partial charge in [0.2, 0.25) is 0 Å². The van der Waals surface area contributed by atoms with Crippen molar-refractivity contribution in [1.29, 1.82) is 0 Å². The zero-order valence-electron chi connectivity index (χ0n) is 51.0. The first-order valence-electron chi connectivity index (χ1n) is 29.0. The maximum atomic E-state index is 9.26. The first-order chi connectivity index (χ1) is 38.2. The van der Waals surface area contributed by atoms with Crippen molar-refractivity contribution in [2.75, 3.05) is 0 Å². The minimum Gasteiger partial charge on any atom is -0.458 e. The van der Waals surface area contributed by atoms with E-state index in [4.69, 9.17) is 13.8 Å². The number of ether oxygens (including phenoxy) is 1. The molecule has 0 atom stereocenters. The minimum absolute atomic E-state index is 0.0245. The van der Waals surface area contributed by atoms with Gasteiger partial charge in [0, 0.05) is 28.6 Å². The van der Waals surface area contributed by atoms with Crippen molar-refractivity contribution in [3.8, 4) is 62.1 Å². The molecular weight excluding hydrogens is 925 g/mol. The van der Waals surface area contributed by atoms with Crippen LogP contribution in [0, 0.1) is 11.7 Å². The van der Waals surface area contributed by atoms with Gasteiger partial charge in [-0.25, -0.2) is 4.98 Å². The van der Waals surface area contributed by atoms with Crippen molar-refractivity contribution in [3.63, 3.8) is 0 Å². The second-order valence-corrected chi connectivity index (χ2v) is 24.7. The van der Waals surface area contributed by atoms with Gasteiger partial charge in [0.05, 0.1) is 40.3 Å². The van der Waals surface area contributed by atoms with Gasteiger partial charge in [0.1, 0.15) is 17.3 Å². The summed E-state index contributed by atoms with van der Waals surface area (Å²) in [4.78, 5) is 5.23. The highest BCUT2D eigenvalue weighted by atomic mass is 16.5. The molecule has 0 spiro atoms. The summed E-state index contributed by atoms with van der Waals surface area (Å²) >= 11 is 0. The monoisotopic (exact) mass is 1000 g/mol. The van der Waals surface area contributed by atoms with Crippen molar-refractivity contribution in [1.82, 2.24) is 14.1 Å². The molecule has 0 amide bonds. The van der Waals surface area contributed by atoms with Crippen LogP contribution in [0.3, 0.4) is 0 Å². The molecule has 0 aliphatic heterocycles. The second kappa shape index (κ2) is 19.0. The fraction of sp³-hybridized carbons (Fsp3) is 0.239. The van der Waals surface area contributed by atoms with Crippen LogP contribution in [0.15, 0.2) is 194 Å². The second-order valence-electron chi connectivity index (χ2n) is 24.7. The lowest BCUT2D eigenvalue weighted by atomic mass is 9.78. The average molecular weight is 1000 g/mol. The van der Waals surface area contributed by atoms with Crippen molar-refractivity contribution < 1.29 is 16.2 Å². The number of aromatic nitrogens is 4. The predicted molar refractivity (Wildman–Crippen MR) is 318 cm³/mol. The normalized spacial score (nSPS) is 13.4. The maximum absolute atomic E-state index is 9.26. The summed E-state index contributed by atoms with van der Waals surface area (Å²) in [5, 5.41) is 2.21. The third-order valence-electron chi connectivity index (χ3n) is 14.5. The Morgan fingerprint density at radius 2 is 1.13 bits per heavy atom. The number of imidazole rings is 1. The van der Waals surface area contributed by atoms with Gasteiger partial charge in [-0.05, 0) is 121 Å². The SMILES string of the molecule is [2H]c1c([2H])c([2H])c(-c2cccc(-c3cc(C(C)(C)C)cc(C(C)(C)C)c3)c2-[n+]2[c-]n(-c3cccc(Oc4ccc5c6ccccc6n(-c6cc(CC(C)(C)C)c(-c7ccc(C(C)(C)C)cc7)cn6)c5c4)c3)c3ccccc32)c([2H])c1[2H]. The van der Waals surface area contributed by atoms with E-state index >= 15 is 0 Å². The van der Waals surface area contributed by atoms with E-state index in [0.29, 0.717) is 22.7 Å². The zero-order chi connectivity index (χ0) is 57.7. The van der Waals surface area contributed by atoms with Crippen molar-refractivity contribution >= 4 is 32.8 Å². The summed E-state index contributed by atoms with van der Waals surface area (Å²) in [5.74, 6) is 2.12. The van der Waals surface area contributed by atoms with Gasteiger partial charge in [-0.1, -0.05) is 222 Å². The van der Waals surface area contributed by atoms with E-state index in [0.717, 1.165) is 84.1 Å². The van der Waals surface area contributed by atoms with Crippen LogP contribution in [0.2, 0.25) is 0 Å². The summed E-state index contributed by atoms with van der Waals surface area (Å²) in [6, 6.07) is 52.8. The Kier molecular flexibility index (Phi) is 11.1. The molecule has 380 valence electrons. The molecule has 0 saturated heterocycles. The molecule has 0 bridgehead atoms. The quantitative estimate of drug-likeness (QED) is 0.107. The Hall–Kier alpha value is -8.02. The van der Waals surface area contributed by atoms with Crippen LogP contribution in [0.25, 0.3) is 83.4 Å². The summed E-state index contributed by atoms with van der Waals surface area (Å²) in [6.45, 7) is 26.9. The minimum atomic E-state index is -0.440. The lowest BCUT2D eigenvalue weighted by Gasteiger charge is -2.27. The van der Waals surface area contributed by atoms with E-state index in [1.165, 1.54) is 11.1 Å². The van der Waals surface area contributed by atoms with Gasteiger partial charge in [0.25, 0.3) is 6.33 Å². The molecule has 0 unspecified atom stereocenters. The number of hydrogen-bond acceptors (Lipinski definition) is 2. The number of benzene rings is 8. The summed E-state index contributed by atoms with van der Waals surface area (Å²) in [5.41, 5.74) is 14.3. The van der Waals surface area contributed by atoms with Gasteiger partial charge < -0.3 is 4.74 Å². The molecule has 5 heteroatoms. The highest BCUT2D eigenvalue weighted by molar-refractivity contribution is 6.09. The Balaban J connectivity index is 1.04. The van der Waals surface area contributed by atoms with Crippen molar-refractivity contribution in [2.24, 2.45) is 5.41 Å². The van der Waals surface area contributed by atoms with E-state index in [1.54, 1.807) is 0 Å². The third kappa shape index (κ3) is 9.76. The molecule has 8 aromatic carbocycles. The Morgan fingerprint density at radius 1 is 0.513 bits per heavy atom. The first kappa shape index (κ1) is 44.3. The van der Waals surface area contributed by atoms with Crippen LogP contribution in [0.4, 0.5) is 0 Å². The highest BCUT2D eigenvalue weighted by Crippen LogP contribution is 2.41. The lowest BCUT2D eigenvalue weighted by Crippen LogP contribution is -2.31. The molecule has 0 fully saturated rings. The van der Waals surface area contributed by atoms with Crippen molar-refractivity contribution in [2.45, 2.75) is 106 Å². The van der Waals surface area contributed by atoms with Gasteiger partial charge in [-0.2, -0.15) is 0 Å². The third-order valence-corrected chi connectivity index (χ3v) is 14.5. The fourth-order valence-electron chi connectivity index (χ4n) is 10.5. The molecule has 0 aliphatic rings. The Bertz CT molecular complexity index is 4210. The standard InChI is InChI=1S/C71H70N4O/c1-68(2,3)44-50-40-66(72-45-61(50)48-32-34-51(35-33-48)69(4,5)6)75-62-29-17-16-26-59(62)60-37-36-56(43-65(60)75)76-55-25-20-24-54(42-55)73-46-74(64-31-19-18-30-63(64)73)67-57(47-22-14-13-15-23-47)27-21-28-58(67)49-38-52(70(7,8)9)41-53(39-49)71(10,11)12/h13-43,45H,44H2,1-12H3/i13D,14D,15D,22D,23D. The molecule has 3 heterocycles. The zero-order valence-corrected chi connectivity index (χ0v) is 46.0. The average Bonchev–Trinajstić information content (AvgIpc) is 3.16. The lowest BCUT2D eigenvalue weighted by molar-refractivity contribution is -0.571.